The van der Waals surface area contributed by atoms with Gasteiger partial charge in [0.2, 0.25) is 11.8 Å². The number of carbonyl (C=O) groups is 2. The molecule has 5 nitrogen and oxygen atoms in total. The minimum absolute atomic E-state index is 0.0418. The second-order valence-corrected chi connectivity index (χ2v) is 9.10. The molecule has 3 aliphatic rings. The Hall–Kier alpha value is -2.14. The van der Waals surface area contributed by atoms with Crippen LogP contribution in [0.25, 0.3) is 0 Å². The molecule has 0 saturated carbocycles. The van der Waals surface area contributed by atoms with Crippen LogP contribution in [-0.2, 0) is 16.1 Å². The molecule has 1 spiro atoms. The molecule has 3 fully saturated rings. The Balaban J connectivity index is 1.28. The summed E-state index contributed by atoms with van der Waals surface area (Å²) in [6.45, 7) is 9.94. The van der Waals surface area contributed by atoms with Crippen molar-refractivity contribution in [3.63, 3.8) is 0 Å². The van der Waals surface area contributed by atoms with Crippen molar-refractivity contribution in [2.45, 2.75) is 38.6 Å². The van der Waals surface area contributed by atoms with Gasteiger partial charge in [0.25, 0.3) is 0 Å². The third kappa shape index (κ3) is 4.55. The fourth-order valence-corrected chi connectivity index (χ4v) is 5.38. The fourth-order valence-electron chi connectivity index (χ4n) is 5.38. The lowest BCUT2D eigenvalue weighted by molar-refractivity contribution is -0.141. The summed E-state index contributed by atoms with van der Waals surface area (Å²) < 4.78 is 0. The Morgan fingerprint density at radius 2 is 1.76 bits per heavy atom. The minimum atomic E-state index is -0.0513. The van der Waals surface area contributed by atoms with Crippen molar-refractivity contribution in [2.24, 2.45) is 11.3 Å². The summed E-state index contributed by atoms with van der Waals surface area (Å²) >= 11 is 0. The van der Waals surface area contributed by atoms with E-state index in [4.69, 9.17) is 0 Å². The van der Waals surface area contributed by atoms with E-state index in [0.29, 0.717) is 12.0 Å². The average molecular weight is 396 g/mol. The lowest BCUT2D eigenvalue weighted by atomic mass is 9.77. The molecule has 0 bridgehead atoms. The van der Waals surface area contributed by atoms with Crippen LogP contribution in [0.1, 0.15) is 37.7 Å². The number of nitrogens with zero attached hydrogens (tertiary/aromatic N) is 3. The Labute approximate surface area is 174 Å². The van der Waals surface area contributed by atoms with E-state index in [2.05, 4.69) is 46.7 Å². The van der Waals surface area contributed by atoms with Gasteiger partial charge in [0.05, 0.1) is 5.92 Å². The topological polar surface area (TPSA) is 43.9 Å². The van der Waals surface area contributed by atoms with E-state index in [1.54, 1.807) is 4.90 Å². The predicted octanol–water partition coefficient (Wildman–Crippen LogP) is 2.93. The summed E-state index contributed by atoms with van der Waals surface area (Å²) in [5, 5.41) is 0. The van der Waals surface area contributed by atoms with Crippen LogP contribution >= 0.6 is 0 Å². The third-order valence-corrected chi connectivity index (χ3v) is 7.16. The van der Waals surface area contributed by atoms with Gasteiger partial charge in [-0.15, -0.1) is 0 Å². The van der Waals surface area contributed by atoms with E-state index in [-0.39, 0.29) is 17.7 Å². The molecular weight excluding hydrogens is 362 g/mol. The molecule has 3 heterocycles. The van der Waals surface area contributed by atoms with Crippen molar-refractivity contribution < 1.29 is 9.59 Å². The molecule has 3 aliphatic heterocycles. The number of likely N-dealkylation sites (tertiary alicyclic amines) is 3. The molecule has 0 N–H and O–H groups in total. The van der Waals surface area contributed by atoms with Gasteiger partial charge in [0, 0.05) is 39.3 Å². The first-order valence-corrected chi connectivity index (χ1v) is 11.0. The van der Waals surface area contributed by atoms with Crippen LogP contribution in [0, 0.1) is 11.3 Å². The van der Waals surface area contributed by atoms with Gasteiger partial charge in [-0.05, 0) is 55.7 Å². The molecule has 156 valence electrons. The van der Waals surface area contributed by atoms with Gasteiger partial charge in [-0.1, -0.05) is 36.9 Å². The summed E-state index contributed by atoms with van der Waals surface area (Å²) in [6, 6.07) is 10.7. The van der Waals surface area contributed by atoms with E-state index >= 15 is 0 Å². The van der Waals surface area contributed by atoms with E-state index < -0.39 is 0 Å². The smallest absolute Gasteiger partial charge is 0.245 e. The summed E-state index contributed by atoms with van der Waals surface area (Å²) in [7, 11) is 0. The van der Waals surface area contributed by atoms with Gasteiger partial charge < -0.3 is 9.80 Å². The number of amides is 2. The summed E-state index contributed by atoms with van der Waals surface area (Å²) in [5.74, 6) is 0.157. The average Bonchev–Trinajstić information content (AvgIpc) is 3.15. The molecule has 5 heteroatoms. The number of rotatable bonds is 4. The Morgan fingerprint density at radius 3 is 2.48 bits per heavy atom. The van der Waals surface area contributed by atoms with E-state index in [1.807, 2.05) is 0 Å². The number of piperidine rings is 2. The number of benzene rings is 1. The quantitative estimate of drug-likeness (QED) is 0.737. The molecule has 0 radical (unpaired) electrons. The van der Waals surface area contributed by atoms with Crippen molar-refractivity contribution in [1.29, 1.82) is 0 Å². The SMILES string of the molecule is C=CC(=O)N1CCCC(C(=O)N2CCC3(CCN(Cc4ccccc4)C3)CC2)C1. The number of carbonyl (C=O) groups excluding carboxylic acids is 2. The highest BCUT2D eigenvalue weighted by atomic mass is 16.2. The van der Waals surface area contributed by atoms with Crippen molar-refractivity contribution in [3.8, 4) is 0 Å². The van der Waals surface area contributed by atoms with Crippen LogP contribution in [0.3, 0.4) is 0 Å². The fraction of sp³-hybridized carbons (Fsp3) is 0.583. The van der Waals surface area contributed by atoms with E-state index in [1.165, 1.54) is 18.1 Å². The lowest BCUT2D eigenvalue weighted by Crippen LogP contribution is -2.50. The van der Waals surface area contributed by atoms with Crippen LogP contribution in [-0.4, -0.2) is 65.8 Å². The second-order valence-electron chi connectivity index (χ2n) is 9.10. The molecule has 2 amide bonds. The van der Waals surface area contributed by atoms with Gasteiger partial charge in [-0.25, -0.2) is 0 Å². The maximum absolute atomic E-state index is 13.1. The first kappa shape index (κ1) is 20.1. The van der Waals surface area contributed by atoms with Crippen molar-refractivity contribution in [3.05, 3.63) is 48.6 Å². The van der Waals surface area contributed by atoms with E-state index in [0.717, 1.165) is 65.0 Å². The van der Waals surface area contributed by atoms with Gasteiger partial charge in [-0.2, -0.15) is 0 Å². The van der Waals surface area contributed by atoms with Crippen LogP contribution in [0.15, 0.2) is 43.0 Å². The zero-order valence-corrected chi connectivity index (χ0v) is 17.4. The van der Waals surface area contributed by atoms with Crippen molar-refractivity contribution in [2.75, 3.05) is 39.3 Å². The second kappa shape index (κ2) is 8.70. The molecule has 1 aromatic carbocycles. The summed E-state index contributed by atoms with van der Waals surface area (Å²) in [5.41, 5.74) is 1.76. The zero-order valence-electron chi connectivity index (χ0n) is 17.4. The normalized spacial score (nSPS) is 24.6. The van der Waals surface area contributed by atoms with Crippen molar-refractivity contribution >= 4 is 11.8 Å². The standard InChI is InChI=1S/C24H33N3O2/c1-2-22(28)27-13-6-9-21(18-27)23(29)26-15-11-24(12-16-26)10-14-25(19-24)17-20-7-4-3-5-8-20/h2-5,7-8,21H,1,6,9-19H2. The summed E-state index contributed by atoms with van der Waals surface area (Å²) in [4.78, 5) is 31.4. The van der Waals surface area contributed by atoms with Gasteiger partial charge in [0.15, 0.2) is 0 Å². The summed E-state index contributed by atoms with van der Waals surface area (Å²) in [6.07, 6.45) is 6.61. The highest BCUT2D eigenvalue weighted by molar-refractivity contribution is 5.88. The molecule has 4 rings (SSSR count). The monoisotopic (exact) mass is 395 g/mol. The molecule has 0 aromatic heterocycles. The molecule has 1 unspecified atom stereocenters. The maximum Gasteiger partial charge on any atom is 0.245 e. The molecule has 29 heavy (non-hydrogen) atoms. The molecule has 1 aromatic rings. The lowest BCUT2D eigenvalue weighted by Gasteiger charge is -2.41. The number of hydrogen-bond donors (Lipinski definition) is 0. The first-order chi connectivity index (χ1) is 14.1. The van der Waals surface area contributed by atoms with Gasteiger partial charge in [0.1, 0.15) is 0 Å². The third-order valence-electron chi connectivity index (χ3n) is 7.16. The Morgan fingerprint density at radius 1 is 1.03 bits per heavy atom. The van der Waals surface area contributed by atoms with E-state index in [9.17, 15) is 9.59 Å². The highest BCUT2D eigenvalue weighted by Gasteiger charge is 2.42. The molecule has 3 saturated heterocycles. The molecule has 0 aliphatic carbocycles. The van der Waals surface area contributed by atoms with Gasteiger partial charge in [-0.3, -0.25) is 14.5 Å². The zero-order chi connectivity index (χ0) is 20.3. The van der Waals surface area contributed by atoms with Crippen LogP contribution in [0.2, 0.25) is 0 Å². The van der Waals surface area contributed by atoms with Crippen LogP contribution < -0.4 is 0 Å². The maximum atomic E-state index is 13.1. The molecular formula is C24H33N3O2. The molecule has 1 atom stereocenters. The first-order valence-electron chi connectivity index (χ1n) is 11.0. The Kier molecular flexibility index (Phi) is 6.04. The minimum Gasteiger partial charge on any atom is -0.342 e. The highest BCUT2D eigenvalue weighted by Crippen LogP contribution is 2.41. The largest absolute Gasteiger partial charge is 0.342 e. The predicted molar refractivity (Wildman–Crippen MR) is 114 cm³/mol. The van der Waals surface area contributed by atoms with Gasteiger partial charge >= 0.3 is 0 Å². The number of hydrogen-bond acceptors (Lipinski definition) is 3. The van der Waals surface area contributed by atoms with Crippen LogP contribution in [0.5, 0.6) is 0 Å². The Bertz CT molecular complexity index is 740. The van der Waals surface area contributed by atoms with Crippen molar-refractivity contribution in [1.82, 2.24) is 14.7 Å². The van der Waals surface area contributed by atoms with Crippen LogP contribution in [0.4, 0.5) is 0 Å².